The number of aromatic carboxylic acids is 1. The van der Waals surface area contributed by atoms with Crippen molar-refractivity contribution in [2.45, 2.75) is 12.5 Å². The lowest BCUT2D eigenvalue weighted by Gasteiger charge is -2.17. The van der Waals surface area contributed by atoms with E-state index < -0.39 is 5.97 Å². The lowest BCUT2D eigenvalue weighted by atomic mass is 10.2. The maximum atomic E-state index is 10.1. The number of carbonyl (C=O) groups is 1. The van der Waals surface area contributed by atoms with Crippen molar-refractivity contribution in [3.8, 4) is 5.75 Å². The predicted molar refractivity (Wildman–Crippen MR) is 81.7 cm³/mol. The summed E-state index contributed by atoms with van der Waals surface area (Å²) in [7, 11) is 0. The zero-order valence-electron chi connectivity index (χ0n) is 12.1. The van der Waals surface area contributed by atoms with Crippen LogP contribution in [0, 0.1) is 0 Å². The fourth-order valence-electron chi connectivity index (χ4n) is 2.21. The molecular weight excluding hydrogens is 282 g/mol. The number of carboxylic acid groups (broad SMARTS) is 1. The highest BCUT2D eigenvalue weighted by molar-refractivity contribution is 5.85. The smallest absolute Gasteiger partial charge is 0.115 e. The number of rotatable bonds is 2. The van der Waals surface area contributed by atoms with E-state index in [1.807, 2.05) is 12.1 Å². The molecule has 22 heavy (non-hydrogen) atoms. The SMILES string of the molecule is O=C([O-])c1ccccc1.Oc1ccc(N2CCC(O)C2)cc1. The zero-order chi connectivity index (χ0) is 15.9. The first-order valence-electron chi connectivity index (χ1n) is 7.04. The van der Waals surface area contributed by atoms with Crippen LogP contribution in [0.4, 0.5) is 5.69 Å². The van der Waals surface area contributed by atoms with Crippen molar-refractivity contribution in [2.24, 2.45) is 0 Å². The van der Waals surface area contributed by atoms with Crippen LogP contribution in [0.3, 0.4) is 0 Å². The molecule has 1 atom stereocenters. The van der Waals surface area contributed by atoms with Gasteiger partial charge in [-0.2, -0.15) is 0 Å². The normalized spacial score (nSPS) is 16.8. The molecule has 0 aliphatic carbocycles. The highest BCUT2D eigenvalue weighted by atomic mass is 16.4. The highest BCUT2D eigenvalue weighted by Crippen LogP contribution is 2.22. The van der Waals surface area contributed by atoms with Gasteiger partial charge in [-0.1, -0.05) is 30.3 Å². The first kappa shape index (κ1) is 15.9. The molecule has 0 amide bonds. The monoisotopic (exact) mass is 300 g/mol. The zero-order valence-corrected chi connectivity index (χ0v) is 12.1. The van der Waals surface area contributed by atoms with Crippen molar-refractivity contribution < 1.29 is 20.1 Å². The van der Waals surface area contributed by atoms with Gasteiger partial charge in [0, 0.05) is 18.8 Å². The van der Waals surface area contributed by atoms with E-state index in [4.69, 9.17) is 5.11 Å². The summed E-state index contributed by atoms with van der Waals surface area (Å²) < 4.78 is 0. The number of phenols is 1. The number of aliphatic hydroxyl groups is 1. The maximum Gasteiger partial charge on any atom is 0.115 e. The second-order valence-electron chi connectivity index (χ2n) is 5.06. The van der Waals surface area contributed by atoms with E-state index in [2.05, 4.69) is 4.90 Å². The average molecular weight is 300 g/mol. The fourth-order valence-corrected chi connectivity index (χ4v) is 2.21. The second kappa shape index (κ2) is 7.47. The number of nitrogens with zero attached hydrogens (tertiary/aromatic N) is 1. The Hall–Kier alpha value is -2.53. The summed E-state index contributed by atoms with van der Waals surface area (Å²) in [5.74, 6) is -0.848. The number of β-amino-alcohol motifs (C(OH)–C–C–N with tert-alkyl or cyclic N) is 1. The van der Waals surface area contributed by atoms with Crippen molar-refractivity contribution >= 4 is 11.7 Å². The van der Waals surface area contributed by atoms with Gasteiger partial charge in [0.25, 0.3) is 0 Å². The molecule has 2 aromatic rings. The molecule has 1 saturated heterocycles. The molecule has 0 spiro atoms. The average Bonchev–Trinajstić information content (AvgIpc) is 2.96. The molecule has 116 valence electrons. The number of phenolic OH excluding ortho intramolecular Hbond substituents is 1. The molecule has 1 aliphatic rings. The molecule has 1 heterocycles. The standard InChI is InChI=1S/C10H13NO2.C7H6O2/c12-9-3-1-8(2-4-9)11-6-5-10(13)7-11;8-7(9)6-4-2-1-3-5-6/h1-4,10,12-13H,5-7H2;1-5H,(H,8,9)/p-1. The summed E-state index contributed by atoms with van der Waals surface area (Å²) in [6.45, 7) is 1.59. The van der Waals surface area contributed by atoms with E-state index in [-0.39, 0.29) is 17.4 Å². The number of aliphatic hydroxyl groups excluding tert-OH is 1. The molecule has 0 aromatic heterocycles. The van der Waals surface area contributed by atoms with E-state index in [0.717, 1.165) is 18.7 Å². The van der Waals surface area contributed by atoms with E-state index in [0.29, 0.717) is 6.54 Å². The number of benzene rings is 2. The Bertz CT molecular complexity index is 598. The number of hydrogen-bond donors (Lipinski definition) is 2. The minimum Gasteiger partial charge on any atom is -0.545 e. The van der Waals surface area contributed by atoms with Gasteiger partial charge in [-0.25, -0.2) is 0 Å². The third-order valence-corrected chi connectivity index (χ3v) is 3.39. The fraction of sp³-hybridized carbons (Fsp3) is 0.235. The van der Waals surface area contributed by atoms with Gasteiger partial charge in [0.15, 0.2) is 0 Å². The second-order valence-corrected chi connectivity index (χ2v) is 5.06. The highest BCUT2D eigenvalue weighted by Gasteiger charge is 2.19. The summed E-state index contributed by atoms with van der Waals surface area (Å²) >= 11 is 0. The van der Waals surface area contributed by atoms with E-state index >= 15 is 0 Å². The van der Waals surface area contributed by atoms with Gasteiger partial charge in [0.2, 0.25) is 0 Å². The van der Waals surface area contributed by atoms with Crippen LogP contribution >= 0.6 is 0 Å². The van der Waals surface area contributed by atoms with Crippen LogP contribution in [-0.4, -0.2) is 35.4 Å². The van der Waals surface area contributed by atoms with Gasteiger partial charge in [0.1, 0.15) is 5.75 Å². The van der Waals surface area contributed by atoms with Gasteiger partial charge in [-0.15, -0.1) is 0 Å². The van der Waals surface area contributed by atoms with Crippen LogP contribution < -0.4 is 10.0 Å². The van der Waals surface area contributed by atoms with Crippen molar-refractivity contribution in [1.29, 1.82) is 0 Å². The molecule has 1 aliphatic heterocycles. The number of carboxylic acids is 1. The number of hydrogen-bond acceptors (Lipinski definition) is 5. The van der Waals surface area contributed by atoms with Crippen molar-refractivity contribution in [2.75, 3.05) is 18.0 Å². The minimum atomic E-state index is -1.13. The molecule has 2 aromatic carbocycles. The Morgan fingerprint density at radius 3 is 2.18 bits per heavy atom. The van der Waals surface area contributed by atoms with Crippen molar-refractivity contribution in [1.82, 2.24) is 0 Å². The Balaban J connectivity index is 0.000000172. The first-order chi connectivity index (χ1) is 10.6. The van der Waals surface area contributed by atoms with E-state index in [9.17, 15) is 15.0 Å². The van der Waals surface area contributed by atoms with Crippen LogP contribution in [-0.2, 0) is 0 Å². The van der Waals surface area contributed by atoms with E-state index in [1.54, 1.807) is 30.3 Å². The summed E-state index contributed by atoms with van der Waals surface area (Å²) in [5, 5.41) is 28.5. The van der Waals surface area contributed by atoms with Gasteiger partial charge >= 0.3 is 0 Å². The van der Waals surface area contributed by atoms with Crippen LogP contribution in [0.25, 0.3) is 0 Å². The summed E-state index contributed by atoms with van der Waals surface area (Å²) in [4.78, 5) is 12.2. The molecule has 5 heteroatoms. The molecule has 1 unspecified atom stereocenters. The summed E-state index contributed by atoms with van der Waals surface area (Å²) in [5.41, 5.74) is 1.28. The summed E-state index contributed by atoms with van der Waals surface area (Å²) in [6, 6.07) is 15.1. The largest absolute Gasteiger partial charge is 0.545 e. The number of aromatic hydroxyl groups is 1. The Morgan fingerprint density at radius 1 is 1.09 bits per heavy atom. The minimum absolute atomic E-state index is 0.200. The number of carbonyl (C=O) groups excluding carboxylic acids is 1. The quantitative estimate of drug-likeness (QED) is 0.865. The Labute approximate surface area is 129 Å². The van der Waals surface area contributed by atoms with Crippen LogP contribution in [0.5, 0.6) is 5.75 Å². The third kappa shape index (κ3) is 4.49. The lowest BCUT2D eigenvalue weighted by Crippen LogP contribution is -2.21. The van der Waals surface area contributed by atoms with Gasteiger partial charge < -0.3 is 25.0 Å². The molecule has 5 nitrogen and oxygen atoms in total. The lowest BCUT2D eigenvalue weighted by molar-refractivity contribution is -0.255. The van der Waals surface area contributed by atoms with E-state index in [1.165, 1.54) is 12.1 Å². The van der Waals surface area contributed by atoms with Gasteiger partial charge in [0.05, 0.1) is 12.1 Å². The first-order valence-corrected chi connectivity index (χ1v) is 7.04. The van der Waals surface area contributed by atoms with Gasteiger partial charge in [-0.05, 0) is 36.2 Å². The molecular formula is C17H18NO4-. The Kier molecular flexibility index (Phi) is 5.38. The molecule has 3 rings (SSSR count). The Morgan fingerprint density at radius 2 is 1.73 bits per heavy atom. The van der Waals surface area contributed by atoms with Crippen molar-refractivity contribution in [3.63, 3.8) is 0 Å². The predicted octanol–water partition coefficient (Wildman–Crippen LogP) is 1.01. The number of anilines is 1. The molecule has 1 fully saturated rings. The van der Waals surface area contributed by atoms with Crippen LogP contribution in [0.2, 0.25) is 0 Å². The molecule has 0 bridgehead atoms. The topological polar surface area (TPSA) is 83.8 Å². The third-order valence-electron chi connectivity index (χ3n) is 3.39. The van der Waals surface area contributed by atoms with Crippen molar-refractivity contribution in [3.05, 3.63) is 60.2 Å². The van der Waals surface area contributed by atoms with Crippen LogP contribution in [0.15, 0.2) is 54.6 Å². The molecule has 2 N–H and O–H groups in total. The van der Waals surface area contributed by atoms with Crippen LogP contribution in [0.1, 0.15) is 16.8 Å². The summed E-state index contributed by atoms with van der Waals surface area (Å²) in [6.07, 6.45) is 0.634. The maximum absolute atomic E-state index is 10.1. The molecule has 0 radical (unpaired) electrons. The molecule has 0 saturated carbocycles. The van der Waals surface area contributed by atoms with Gasteiger partial charge in [-0.3, -0.25) is 0 Å².